The highest BCUT2D eigenvalue weighted by atomic mass is 19.1. The Morgan fingerprint density at radius 1 is 1.24 bits per heavy atom. The van der Waals surface area contributed by atoms with Gasteiger partial charge in [-0.15, -0.1) is 5.10 Å². The fourth-order valence-corrected chi connectivity index (χ4v) is 2.45. The molecule has 1 aliphatic rings. The lowest BCUT2D eigenvalue weighted by molar-refractivity contribution is 0.496. The van der Waals surface area contributed by atoms with Crippen molar-refractivity contribution in [2.75, 3.05) is 18.0 Å². The SMILES string of the molecule is Cc1cc(-c2nc(N3CCC(N)CC3)n[nH]2)c(F)cc1F. The molecule has 0 unspecified atom stereocenters. The van der Waals surface area contributed by atoms with Gasteiger partial charge in [0.2, 0.25) is 5.95 Å². The molecule has 0 amide bonds. The van der Waals surface area contributed by atoms with Crippen LogP contribution in [0.15, 0.2) is 12.1 Å². The maximum Gasteiger partial charge on any atom is 0.245 e. The van der Waals surface area contributed by atoms with Gasteiger partial charge in [-0.2, -0.15) is 4.98 Å². The first-order chi connectivity index (χ1) is 10.0. The maximum atomic E-state index is 13.9. The average Bonchev–Trinajstić information content (AvgIpc) is 2.93. The van der Waals surface area contributed by atoms with Crippen molar-refractivity contribution in [3.05, 3.63) is 29.3 Å². The van der Waals surface area contributed by atoms with Gasteiger partial charge < -0.3 is 10.6 Å². The van der Waals surface area contributed by atoms with Crippen molar-refractivity contribution in [2.24, 2.45) is 5.73 Å². The maximum absolute atomic E-state index is 13.9. The summed E-state index contributed by atoms with van der Waals surface area (Å²) in [6.07, 6.45) is 1.77. The van der Waals surface area contributed by atoms with Gasteiger partial charge in [-0.25, -0.2) is 8.78 Å². The van der Waals surface area contributed by atoms with E-state index in [4.69, 9.17) is 5.73 Å². The molecule has 0 radical (unpaired) electrons. The molecule has 0 aliphatic carbocycles. The zero-order valence-corrected chi connectivity index (χ0v) is 11.7. The minimum absolute atomic E-state index is 0.219. The second-order valence-corrected chi connectivity index (χ2v) is 5.39. The Bertz CT molecular complexity index is 647. The van der Waals surface area contributed by atoms with Crippen molar-refractivity contribution < 1.29 is 8.78 Å². The molecule has 1 aliphatic heterocycles. The van der Waals surface area contributed by atoms with E-state index in [1.54, 1.807) is 6.92 Å². The van der Waals surface area contributed by atoms with E-state index in [0.29, 0.717) is 17.3 Å². The van der Waals surface area contributed by atoms with E-state index >= 15 is 0 Å². The summed E-state index contributed by atoms with van der Waals surface area (Å²) >= 11 is 0. The van der Waals surface area contributed by atoms with Crippen molar-refractivity contribution in [3.8, 4) is 11.4 Å². The summed E-state index contributed by atoms with van der Waals surface area (Å²) in [6.45, 7) is 3.15. The van der Waals surface area contributed by atoms with Crippen LogP contribution >= 0.6 is 0 Å². The number of H-pyrrole nitrogens is 1. The summed E-state index contributed by atoms with van der Waals surface area (Å²) in [6, 6.07) is 2.52. The highest BCUT2D eigenvalue weighted by Crippen LogP contribution is 2.24. The molecule has 1 saturated heterocycles. The van der Waals surface area contributed by atoms with E-state index < -0.39 is 11.6 Å². The molecule has 2 aromatic rings. The Labute approximate surface area is 121 Å². The fraction of sp³-hybridized carbons (Fsp3) is 0.429. The lowest BCUT2D eigenvalue weighted by Gasteiger charge is -2.28. The molecule has 1 aromatic carbocycles. The second-order valence-electron chi connectivity index (χ2n) is 5.39. The molecular weight excluding hydrogens is 276 g/mol. The minimum Gasteiger partial charge on any atom is -0.339 e. The minimum atomic E-state index is -0.651. The number of hydrogen-bond acceptors (Lipinski definition) is 4. The van der Waals surface area contributed by atoms with Gasteiger partial charge in [0.25, 0.3) is 0 Å². The van der Waals surface area contributed by atoms with Crippen LogP contribution in [0.5, 0.6) is 0 Å². The van der Waals surface area contributed by atoms with Crippen LogP contribution < -0.4 is 10.6 Å². The van der Waals surface area contributed by atoms with E-state index in [2.05, 4.69) is 15.2 Å². The van der Waals surface area contributed by atoms with Crippen LogP contribution in [-0.2, 0) is 0 Å². The van der Waals surface area contributed by atoms with Gasteiger partial charge in [0.1, 0.15) is 11.6 Å². The first-order valence-electron chi connectivity index (χ1n) is 6.93. The molecule has 0 saturated carbocycles. The molecule has 3 rings (SSSR count). The number of rotatable bonds is 2. The lowest BCUT2D eigenvalue weighted by atomic mass is 10.1. The van der Waals surface area contributed by atoms with Crippen LogP contribution in [0.3, 0.4) is 0 Å². The summed E-state index contributed by atoms with van der Waals surface area (Å²) in [5, 5.41) is 6.84. The van der Waals surface area contributed by atoms with Crippen molar-refractivity contribution in [2.45, 2.75) is 25.8 Å². The van der Waals surface area contributed by atoms with Gasteiger partial charge in [0, 0.05) is 25.2 Å². The van der Waals surface area contributed by atoms with Crippen molar-refractivity contribution in [1.29, 1.82) is 0 Å². The number of halogens is 2. The summed E-state index contributed by atoms with van der Waals surface area (Å²) in [4.78, 5) is 6.33. The Kier molecular flexibility index (Phi) is 3.59. The standard InChI is InChI=1S/C14H17F2N5/c1-8-6-10(12(16)7-11(8)15)13-18-14(20-19-13)21-4-2-9(17)3-5-21/h6-7,9H,2-5,17H2,1H3,(H,18,19,20). The number of benzene rings is 1. The van der Waals surface area contributed by atoms with Gasteiger partial charge >= 0.3 is 0 Å². The Morgan fingerprint density at radius 2 is 1.95 bits per heavy atom. The number of nitrogens with zero attached hydrogens (tertiary/aromatic N) is 3. The van der Waals surface area contributed by atoms with Gasteiger partial charge in [-0.3, -0.25) is 5.10 Å². The van der Waals surface area contributed by atoms with Gasteiger partial charge in [0.15, 0.2) is 5.82 Å². The van der Waals surface area contributed by atoms with Crippen molar-refractivity contribution in [1.82, 2.24) is 15.2 Å². The average molecular weight is 293 g/mol. The zero-order valence-electron chi connectivity index (χ0n) is 11.7. The monoisotopic (exact) mass is 293 g/mol. The van der Waals surface area contributed by atoms with E-state index in [1.165, 1.54) is 6.07 Å². The number of nitrogens with two attached hydrogens (primary N) is 1. The molecule has 7 heteroatoms. The first-order valence-corrected chi connectivity index (χ1v) is 6.93. The van der Waals surface area contributed by atoms with Crippen LogP contribution in [0.4, 0.5) is 14.7 Å². The quantitative estimate of drug-likeness (QED) is 0.888. The number of piperidine rings is 1. The van der Waals surface area contributed by atoms with Crippen LogP contribution in [0, 0.1) is 18.6 Å². The molecule has 112 valence electrons. The highest BCUT2D eigenvalue weighted by Gasteiger charge is 2.20. The molecule has 21 heavy (non-hydrogen) atoms. The molecule has 0 atom stereocenters. The van der Waals surface area contributed by atoms with Crippen molar-refractivity contribution in [3.63, 3.8) is 0 Å². The van der Waals surface area contributed by atoms with E-state index in [-0.39, 0.29) is 11.6 Å². The molecule has 2 heterocycles. The second kappa shape index (κ2) is 5.40. The third-order valence-electron chi connectivity index (χ3n) is 3.80. The smallest absolute Gasteiger partial charge is 0.245 e. The molecule has 5 nitrogen and oxygen atoms in total. The predicted octanol–water partition coefficient (Wildman–Crippen LogP) is 1.99. The van der Waals surface area contributed by atoms with Crippen LogP contribution in [0.1, 0.15) is 18.4 Å². The van der Waals surface area contributed by atoms with E-state index in [1.807, 2.05) is 4.90 Å². The predicted molar refractivity (Wildman–Crippen MR) is 75.9 cm³/mol. The van der Waals surface area contributed by atoms with Gasteiger partial charge in [0.05, 0.1) is 5.56 Å². The molecular formula is C14H17F2N5. The van der Waals surface area contributed by atoms with E-state index in [0.717, 1.165) is 32.0 Å². The molecule has 1 aromatic heterocycles. The van der Waals surface area contributed by atoms with E-state index in [9.17, 15) is 8.78 Å². The molecule has 0 spiro atoms. The fourth-order valence-electron chi connectivity index (χ4n) is 2.45. The van der Waals surface area contributed by atoms with Crippen molar-refractivity contribution >= 4 is 5.95 Å². The Morgan fingerprint density at radius 3 is 2.67 bits per heavy atom. The first kappa shape index (κ1) is 13.9. The number of anilines is 1. The zero-order chi connectivity index (χ0) is 15.0. The highest BCUT2D eigenvalue weighted by molar-refractivity contribution is 5.58. The number of aromatic nitrogens is 3. The Hall–Kier alpha value is -2.02. The normalized spacial score (nSPS) is 16.5. The molecule has 3 N–H and O–H groups in total. The number of hydrogen-bond donors (Lipinski definition) is 2. The van der Waals surface area contributed by atoms with Gasteiger partial charge in [-0.05, 0) is 31.4 Å². The number of aryl methyl sites for hydroxylation is 1. The number of nitrogens with one attached hydrogen (secondary N) is 1. The lowest BCUT2D eigenvalue weighted by Crippen LogP contribution is -2.40. The Balaban J connectivity index is 1.87. The molecule has 0 bridgehead atoms. The third kappa shape index (κ3) is 2.73. The topological polar surface area (TPSA) is 70.8 Å². The van der Waals surface area contributed by atoms with Crippen LogP contribution in [0.2, 0.25) is 0 Å². The summed E-state index contributed by atoms with van der Waals surface area (Å²) in [5.74, 6) is -0.388. The number of aromatic amines is 1. The third-order valence-corrected chi connectivity index (χ3v) is 3.80. The summed E-state index contributed by atoms with van der Waals surface area (Å²) in [7, 11) is 0. The van der Waals surface area contributed by atoms with Gasteiger partial charge in [-0.1, -0.05) is 0 Å². The largest absolute Gasteiger partial charge is 0.339 e. The summed E-state index contributed by atoms with van der Waals surface area (Å²) < 4.78 is 27.2. The van der Waals surface area contributed by atoms with Crippen LogP contribution in [-0.4, -0.2) is 34.3 Å². The van der Waals surface area contributed by atoms with Crippen LogP contribution in [0.25, 0.3) is 11.4 Å². The molecule has 1 fully saturated rings. The summed E-state index contributed by atoms with van der Waals surface area (Å²) in [5.41, 5.74) is 6.45.